The Labute approximate surface area is 180 Å². The van der Waals surface area contributed by atoms with Gasteiger partial charge in [-0.25, -0.2) is 0 Å². The Morgan fingerprint density at radius 2 is 1.68 bits per heavy atom. The van der Waals surface area contributed by atoms with Gasteiger partial charge >= 0.3 is 0 Å². The van der Waals surface area contributed by atoms with Crippen molar-refractivity contribution >= 4 is 16.9 Å². The van der Waals surface area contributed by atoms with Crippen molar-refractivity contribution in [2.75, 3.05) is 0 Å². The average molecular weight is 415 g/mol. The standard InChI is InChI=1S/C26H25NO4/c1-26(2,3)19-12-10-18(11-13-19)16-27(17-20-7-6-14-30-20)25(29)24-15-22(28)21-8-4-5-9-23(21)31-24/h4-15H,16-17H2,1-3H3. The third kappa shape index (κ3) is 4.61. The Kier molecular flexibility index (Phi) is 5.51. The normalized spacial score (nSPS) is 11.6. The Morgan fingerprint density at radius 3 is 2.35 bits per heavy atom. The number of para-hydroxylation sites is 1. The number of furan rings is 1. The van der Waals surface area contributed by atoms with Gasteiger partial charge in [0.05, 0.1) is 18.2 Å². The van der Waals surface area contributed by atoms with Crippen molar-refractivity contribution in [3.05, 3.63) is 106 Å². The predicted molar refractivity (Wildman–Crippen MR) is 120 cm³/mol. The second kappa shape index (κ2) is 8.26. The Bertz CT molecular complexity index is 1250. The minimum Gasteiger partial charge on any atom is -0.467 e. The van der Waals surface area contributed by atoms with Gasteiger partial charge in [0.15, 0.2) is 11.2 Å². The first kappa shape index (κ1) is 20.7. The van der Waals surface area contributed by atoms with Gasteiger partial charge in [-0.3, -0.25) is 9.59 Å². The first-order valence-electron chi connectivity index (χ1n) is 10.3. The molecule has 31 heavy (non-hydrogen) atoms. The summed E-state index contributed by atoms with van der Waals surface area (Å²) < 4.78 is 11.2. The number of carbonyl (C=O) groups excluding carboxylic acids is 1. The van der Waals surface area contributed by atoms with E-state index < -0.39 is 0 Å². The van der Waals surface area contributed by atoms with Crippen LogP contribution in [0.25, 0.3) is 11.0 Å². The largest absolute Gasteiger partial charge is 0.467 e. The van der Waals surface area contributed by atoms with Gasteiger partial charge in [0.1, 0.15) is 11.3 Å². The van der Waals surface area contributed by atoms with E-state index in [9.17, 15) is 9.59 Å². The molecule has 0 aliphatic rings. The fourth-order valence-electron chi connectivity index (χ4n) is 3.49. The summed E-state index contributed by atoms with van der Waals surface area (Å²) in [5.41, 5.74) is 2.41. The molecule has 0 saturated heterocycles. The molecular formula is C26H25NO4. The molecule has 0 spiro atoms. The molecule has 0 fully saturated rings. The molecule has 2 heterocycles. The van der Waals surface area contributed by atoms with Crippen LogP contribution in [0, 0.1) is 0 Å². The zero-order chi connectivity index (χ0) is 22.0. The van der Waals surface area contributed by atoms with E-state index >= 15 is 0 Å². The van der Waals surface area contributed by atoms with E-state index in [0.717, 1.165) is 5.56 Å². The summed E-state index contributed by atoms with van der Waals surface area (Å²) in [5.74, 6) is 0.309. The molecule has 2 aromatic heterocycles. The molecule has 4 rings (SSSR count). The third-order valence-electron chi connectivity index (χ3n) is 5.25. The summed E-state index contributed by atoms with van der Waals surface area (Å²) in [6, 6.07) is 20.0. The summed E-state index contributed by atoms with van der Waals surface area (Å²) in [6.45, 7) is 7.12. The number of rotatable bonds is 5. The second-order valence-corrected chi connectivity index (χ2v) is 8.66. The van der Waals surface area contributed by atoms with Crippen molar-refractivity contribution in [1.29, 1.82) is 0 Å². The van der Waals surface area contributed by atoms with E-state index in [2.05, 4.69) is 32.9 Å². The third-order valence-corrected chi connectivity index (χ3v) is 5.25. The molecule has 5 nitrogen and oxygen atoms in total. The van der Waals surface area contributed by atoms with Crippen LogP contribution in [0.2, 0.25) is 0 Å². The van der Waals surface area contributed by atoms with Gasteiger partial charge < -0.3 is 13.7 Å². The first-order chi connectivity index (χ1) is 14.8. The topological polar surface area (TPSA) is 63.7 Å². The molecule has 0 aliphatic heterocycles. The molecule has 0 bridgehead atoms. The van der Waals surface area contributed by atoms with Crippen LogP contribution < -0.4 is 5.43 Å². The maximum Gasteiger partial charge on any atom is 0.290 e. The molecular weight excluding hydrogens is 390 g/mol. The minimum absolute atomic E-state index is 0.0153. The van der Waals surface area contributed by atoms with Gasteiger partial charge in [0, 0.05) is 12.6 Å². The van der Waals surface area contributed by atoms with Crippen LogP contribution in [0.1, 0.15) is 48.2 Å². The van der Waals surface area contributed by atoms with Crippen LogP contribution in [0.4, 0.5) is 0 Å². The van der Waals surface area contributed by atoms with Crippen molar-refractivity contribution in [1.82, 2.24) is 4.90 Å². The lowest BCUT2D eigenvalue weighted by Gasteiger charge is -2.23. The molecule has 0 N–H and O–H groups in total. The number of nitrogens with zero attached hydrogens (tertiary/aromatic N) is 1. The molecule has 0 atom stereocenters. The van der Waals surface area contributed by atoms with Crippen LogP contribution in [-0.4, -0.2) is 10.8 Å². The van der Waals surface area contributed by atoms with Crippen molar-refractivity contribution in [2.24, 2.45) is 0 Å². The fourth-order valence-corrected chi connectivity index (χ4v) is 3.49. The Hall–Kier alpha value is -3.60. The monoisotopic (exact) mass is 415 g/mol. The van der Waals surface area contributed by atoms with Gasteiger partial charge in [0.25, 0.3) is 5.91 Å². The molecule has 0 saturated carbocycles. The lowest BCUT2D eigenvalue weighted by Crippen LogP contribution is -2.30. The number of hydrogen-bond acceptors (Lipinski definition) is 4. The zero-order valence-electron chi connectivity index (χ0n) is 17.9. The summed E-state index contributed by atoms with van der Waals surface area (Å²) in [4.78, 5) is 27.5. The minimum atomic E-state index is -0.362. The molecule has 2 aromatic carbocycles. The maximum atomic E-state index is 13.3. The molecule has 1 amide bonds. The van der Waals surface area contributed by atoms with Gasteiger partial charge in [0.2, 0.25) is 0 Å². The van der Waals surface area contributed by atoms with Crippen LogP contribution in [0.5, 0.6) is 0 Å². The highest BCUT2D eigenvalue weighted by atomic mass is 16.3. The van der Waals surface area contributed by atoms with E-state index in [0.29, 0.717) is 23.3 Å². The van der Waals surface area contributed by atoms with Crippen molar-refractivity contribution in [3.63, 3.8) is 0 Å². The van der Waals surface area contributed by atoms with Crippen molar-refractivity contribution < 1.29 is 13.6 Å². The molecule has 0 unspecified atom stereocenters. The lowest BCUT2D eigenvalue weighted by molar-refractivity contribution is 0.0686. The van der Waals surface area contributed by atoms with Gasteiger partial charge in [-0.2, -0.15) is 0 Å². The summed E-state index contributed by atoms with van der Waals surface area (Å²) >= 11 is 0. The Morgan fingerprint density at radius 1 is 0.935 bits per heavy atom. The van der Waals surface area contributed by atoms with E-state index in [1.165, 1.54) is 11.6 Å². The fraction of sp³-hybridized carbons (Fsp3) is 0.231. The van der Waals surface area contributed by atoms with Crippen molar-refractivity contribution in [2.45, 2.75) is 39.3 Å². The van der Waals surface area contributed by atoms with E-state index in [4.69, 9.17) is 8.83 Å². The summed E-state index contributed by atoms with van der Waals surface area (Å²) in [7, 11) is 0. The van der Waals surface area contributed by atoms with E-state index in [1.54, 1.807) is 41.5 Å². The molecule has 0 aliphatic carbocycles. The number of amides is 1. The maximum absolute atomic E-state index is 13.3. The predicted octanol–water partition coefficient (Wildman–Crippen LogP) is 5.53. The van der Waals surface area contributed by atoms with E-state index in [-0.39, 0.29) is 29.1 Å². The SMILES string of the molecule is CC(C)(C)c1ccc(CN(Cc2ccco2)C(=O)c2cc(=O)c3ccccc3o2)cc1. The highest BCUT2D eigenvalue weighted by Gasteiger charge is 2.22. The molecule has 5 heteroatoms. The number of benzene rings is 2. The smallest absolute Gasteiger partial charge is 0.290 e. The number of carbonyl (C=O) groups is 1. The first-order valence-corrected chi connectivity index (χ1v) is 10.3. The van der Waals surface area contributed by atoms with Gasteiger partial charge in [-0.1, -0.05) is 57.2 Å². The Balaban J connectivity index is 1.66. The molecule has 0 radical (unpaired) electrons. The molecule has 4 aromatic rings. The molecule has 158 valence electrons. The number of fused-ring (bicyclic) bond motifs is 1. The summed E-state index contributed by atoms with van der Waals surface area (Å²) in [5, 5.41) is 0.453. The highest BCUT2D eigenvalue weighted by molar-refractivity contribution is 5.93. The quantitative estimate of drug-likeness (QED) is 0.430. The zero-order valence-corrected chi connectivity index (χ0v) is 17.9. The highest BCUT2D eigenvalue weighted by Crippen LogP contribution is 2.23. The van der Waals surface area contributed by atoms with Gasteiger partial charge in [-0.05, 0) is 40.8 Å². The lowest BCUT2D eigenvalue weighted by atomic mass is 9.87. The summed E-state index contributed by atoms with van der Waals surface area (Å²) in [6.07, 6.45) is 1.58. The second-order valence-electron chi connectivity index (χ2n) is 8.66. The average Bonchev–Trinajstić information content (AvgIpc) is 3.26. The van der Waals surface area contributed by atoms with Crippen molar-refractivity contribution in [3.8, 4) is 0 Å². The van der Waals surface area contributed by atoms with Crippen LogP contribution in [0.15, 0.2) is 86.6 Å². The van der Waals surface area contributed by atoms with Crippen LogP contribution in [0.3, 0.4) is 0 Å². The van der Waals surface area contributed by atoms with E-state index in [1.807, 2.05) is 18.2 Å². The number of hydrogen-bond donors (Lipinski definition) is 0. The van der Waals surface area contributed by atoms with Crippen LogP contribution >= 0.6 is 0 Å². The van der Waals surface area contributed by atoms with Gasteiger partial charge in [-0.15, -0.1) is 0 Å². The van der Waals surface area contributed by atoms with Crippen LogP contribution in [-0.2, 0) is 18.5 Å².